The van der Waals surface area contributed by atoms with Gasteiger partial charge in [0.2, 0.25) is 0 Å². The van der Waals surface area contributed by atoms with Crippen LogP contribution in [0.2, 0.25) is 0 Å². The predicted molar refractivity (Wildman–Crippen MR) is 92.3 cm³/mol. The van der Waals surface area contributed by atoms with Crippen molar-refractivity contribution in [1.82, 2.24) is 10.3 Å². The van der Waals surface area contributed by atoms with Crippen LogP contribution >= 0.6 is 0 Å². The minimum atomic E-state index is 0.782. The third-order valence-corrected chi connectivity index (χ3v) is 4.12. The van der Waals surface area contributed by atoms with E-state index < -0.39 is 0 Å². The Bertz CT molecular complexity index is 889. The number of nitrogens with zero attached hydrogens (tertiary/aromatic N) is 1. The summed E-state index contributed by atoms with van der Waals surface area (Å²) in [5, 5.41) is 4.57. The summed E-state index contributed by atoms with van der Waals surface area (Å²) in [5.74, 6) is 0.994. The number of H-pyrrole nitrogens is 1. The van der Waals surface area contributed by atoms with Crippen molar-refractivity contribution in [2.45, 2.75) is 6.92 Å². The van der Waals surface area contributed by atoms with Gasteiger partial charge in [-0.2, -0.15) is 0 Å². The molecule has 1 aliphatic heterocycles. The molecule has 0 unspecified atom stereocenters. The summed E-state index contributed by atoms with van der Waals surface area (Å²) < 4.78 is 0. The molecule has 2 aromatic carbocycles. The molecule has 110 valence electrons. The molecule has 1 aromatic heterocycles. The second kappa shape index (κ2) is 4.91. The lowest BCUT2D eigenvalue weighted by Crippen LogP contribution is -2.19. The number of hydrogen-bond donors (Lipinski definition) is 3. The summed E-state index contributed by atoms with van der Waals surface area (Å²) in [6, 6.07) is 14.5. The highest BCUT2D eigenvalue weighted by Gasteiger charge is 2.17. The van der Waals surface area contributed by atoms with Gasteiger partial charge in [0, 0.05) is 34.4 Å². The van der Waals surface area contributed by atoms with Crippen molar-refractivity contribution in [2.75, 3.05) is 18.8 Å². The largest absolute Gasteiger partial charge is 0.399 e. The fourth-order valence-electron chi connectivity index (χ4n) is 3.09. The van der Waals surface area contributed by atoms with Crippen LogP contribution in [0.15, 0.2) is 47.5 Å². The first-order valence-corrected chi connectivity index (χ1v) is 7.49. The zero-order valence-electron chi connectivity index (χ0n) is 12.5. The smallest absolute Gasteiger partial charge is 0.130 e. The van der Waals surface area contributed by atoms with Crippen LogP contribution < -0.4 is 11.1 Å². The van der Waals surface area contributed by atoms with Crippen molar-refractivity contribution in [1.29, 1.82) is 0 Å². The molecule has 3 aromatic rings. The van der Waals surface area contributed by atoms with E-state index in [1.807, 2.05) is 18.2 Å². The molecule has 4 heteroatoms. The monoisotopic (exact) mass is 290 g/mol. The van der Waals surface area contributed by atoms with Crippen LogP contribution in [-0.2, 0) is 0 Å². The van der Waals surface area contributed by atoms with Crippen molar-refractivity contribution in [3.63, 3.8) is 0 Å². The zero-order valence-corrected chi connectivity index (χ0v) is 12.5. The van der Waals surface area contributed by atoms with Gasteiger partial charge in [-0.25, -0.2) is 0 Å². The number of aromatic nitrogens is 1. The maximum absolute atomic E-state index is 5.91. The number of aryl methyl sites for hydroxylation is 1. The van der Waals surface area contributed by atoms with Crippen LogP contribution in [0.3, 0.4) is 0 Å². The number of rotatable bonds is 2. The molecule has 4 N–H and O–H groups in total. The molecule has 4 nitrogen and oxygen atoms in total. The van der Waals surface area contributed by atoms with E-state index in [9.17, 15) is 0 Å². The molecule has 4 rings (SSSR count). The molecular weight excluding hydrogens is 272 g/mol. The summed E-state index contributed by atoms with van der Waals surface area (Å²) >= 11 is 0. The average Bonchev–Trinajstić information content (AvgIpc) is 3.12. The third kappa shape index (κ3) is 2.04. The maximum Gasteiger partial charge on any atom is 0.130 e. The van der Waals surface area contributed by atoms with Gasteiger partial charge in [-0.3, -0.25) is 4.99 Å². The van der Waals surface area contributed by atoms with Crippen molar-refractivity contribution >= 4 is 22.4 Å². The van der Waals surface area contributed by atoms with Crippen molar-refractivity contribution < 1.29 is 0 Å². The van der Waals surface area contributed by atoms with Gasteiger partial charge < -0.3 is 16.0 Å². The maximum atomic E-state index is 5.91. The lowest BCUT2D eigenvalue weighted by atomic mass is 10.0. The Morgan fingerprint density at radius 2 is 1.95 bits per heavy atom. The normalized spacial score (nSPS) is 14.1. The van der Waals surface area contributed by atoms with E-state index in [1.165, 1.54) is 16.5 Å². The standard InChI is InChI=1S/C18H18N4/c1-11-17(18-20-7-8-21-18)15-10-13(5-6-16(15)22-11)12-3-2-4-14(19)9-12/h2-6,9-10,22H,7-8,19H2,1H3,(H,20,21). The Kier molecular flexibility index (Phi) is 2.89. The van der Waals surface area contributed by atoms with Gasteiger partial charge in [0.05, 0.1) is 6.54 Å². The second-order valence-corrected chi connectivity index (χ2v) is 5.67. The third-order valence-electron chi connectivity index (χ3n) is 4.12. The number of nitrogens with two attached hydrogens (primary N) is 1. The van der Waals surface area contributed by atoms with E-state index in [-0.39, 0.29) is 0 Å². The number of aliphatic imine (C=N–C) groups is 1. The van der Waals surface area contributed by atoms with E-state index in [0.717, 1.165) is 41.4 Å². The zero-order chi connectivity index (χ0) is 15.1. The van der Waals surface area contributed by atoms with Crippen LogP contribution in [-0.4, -0.2) is 23.9 Å². The van der Waals surface area contributed by atoms with Crippen LogP contribution in [0.1, 0.15) is 11.3 Å². The second-order valence-electron chi connectivity index (χ2n) is 5.67. The average molecular weight is 290 g/mol. The molecule has 0 saturated carbocycles. The molecule has 0 radical (unpaired) electrons. The molecule has 2 heterocycles. The summed E-state index contributed by atoms with van der Waals surface area (Å²) in [6.45, 7) is 3.85. The van der Waals surface area contributed by atoms with E-state index in [0.29, 0.717) is 0 Å². The first kappa shape index (κ1) is 13.0. The molecule has 0 fully saturated rings. The quantitative estimate of drug-likeness (QED) is 0.635. The molecular formula is C18H18N4. The number of nitrogens with one attached hydrogen (secondary N) is 2. The molecule has 0 aliphatic carbocycles. The summed E-state index contributed by atoms with van der Waals surface area (Å²) in [4.78, 5) is 8.02. The van der Waals surface area contributed by atoms with Gasteiger partial charge in [0.1, 0.15) is 5.84 Å². The Hall–Kier alpha value is -2.75. The molecule has 1 aliphatic rings. The van der Waals surface area contributed by atoms with Gasteiger partial charge in [-0.05, 0) is 42.3 Å². The summed E-state index contributed by atoms with van der Waals surface area (Å²) in [6.07, 6.45) is 0. The minimum absolute atomic E-state index is 0.782. The van der Waals surface area contributed by atoms with Crippen LogP contribution in [0.4, 0.5) is 5.69 Å². The highest BCUT2D eigenvalue weighted by atomic mass is 15.1. The van der Waals surface area contributed by atoms with Gasteiger partial charge in [0.25, 0.3) is 0 Å². The predicted octanol–water partition coefficient (Wildman–Crippen LogP) is 3.08. The Morgan fingerprint density at radius 3 is 2.73 bits per heavy atom. The Balaban J connectivity index is 1.91. The highest BCUT2D eigenvalue weighted by molar-refractivity contribution is 6.12. The Morgan fingerprint density at radius 1 is 1.09 bits per heavy atom. The number of benzene rings is 2. The van der Waals surface area contributed by atoms with Crippen LogP contribution in [0.5, 0.6) is 0 Å². The number of anilines is 1. The van der Waals surface area contributed by atoms with E-state index in [2.05, 4.69) is 46.5 Å². The van der Waals surface area contributed by atoms with Crippen LogP contribution in [0.25, 0.3) is 22.0 Å². The molecule has 0 saturated heterocycles. The van der Waals surface area contributed by atoms with Crippen LogP contribution in [0, 0.1) is 6.92 Å². The van der Waals surface area contributed by atoms with E-state index in [4.69, 9.17) is 5.73 Å². The highest BCUT2D eigenvalue weighted by Crippen LogP contribution is 2.29. The van der Waals surface area contributed by atoms with Gasteiger partial charge >= 0.3 is 0 Å². The number of amidine groups is 1. The van der Waals surface area contributed by atoms with Gasteiger partial charge in [-0.15, -0.1) is 0 Å². The minimum Gasteiger partial charge on any atom is -0.399 e. The van der Waals surface area contributed by atoms with Crippen molar-refractivity contribution in [2.24, 2.45) is 4.99 Å². The SMILES string of the molecule is Cc1[nH]c2ccc(-c3cccc(N)c3)cc2c1C1=NCCN1. The first-order chi connectivity index (χ1) is 10.7. The van der Waals surface area contributed by atoms with Gasteiger partial charge in [0.15, 0.2) is 0 Å². The van der Waals surface area contributed by atoms with E-state index in [1.54, 1.807) is 0 Å². The fourth-order valence-corrected chi connectivity index (χ4v) is 3.09. The Labute approximate surface area is 129 Å². The van der Waals surface area contributed by atoms with Crippen molar-refractivity contribution in [3.05, 3.63) is 53.7 Å². The van der Waals surface area contributed by atoms with Gasteiger partial charge in [-0.1, -0.05) is 18.2 Å². The number of aromatic amines is 1. The lowest BCUT2D eigenvalue weighted by molar-refractivity contribution is 0.960. The molecule has 22 heavy (non-hydrogen) atoms. The topological polar surface area (TPSA) is 66.2 Å². The molecule has 0 spiro atoms. The van der Waals surface area contributed by atoms with E-state index >= 15 is 0 Å². The fraction of sp³-hybridized carbons (Fsp3) is 0.167. The summed E-state index contributed by atoms with van der Waals surface area (Å²) in [5.41, 5.74) is 12.4. The van der Waals surface area contributed by atoms with Crippen molar-refractivity contribution in [3.8, 4) is 11.1 Å². The summed E-state index contributed by atoms with van der Waals surface area (Å²) in [7, 11) is 0. The number of hydrogen-bond acceptors (Lipinski definition) is 3. The number of fused-ring (bicyclic) bond motifs is 1. The molecule has 0 amide bonds. The molecule has 0 bridgehead atoms. The lowest BCUT2D eigenvalue weighted by Gasteiger charge is -2.06. The molecule has 0 atom stereocenters. The first-order valence-electron chi connectivity index (χ1n) is 7.49. The number of nitrogen functional groups attached to an aromatic ring is 1.